The molecule has 1 heterocycles. The Labute approximate surface area is 96.4 Å². The normalized spacial score (nSPS) is 17.1. The van der Waals surface area contributed by atoms with Crippen LogP contribution in [-0.2, 0) is 0 Å². The molecule has 0 aliphatic carbocycles. The number of hydrogen-bond acceptors (Lipinski definition) is 4. The summed E-state index contributed by atoms with van der Waals surface area (Å²) in [5.41, 5.74) is 0.425. The Balaban J connectivity index is 1.98. The van der Waals surface area contributed by atoms with Crippen LogP contribution in [-0.4, -0.2) is 28.4 Å². The van der Waals surface area contributed by atoms with E-state index in [1.54, 1.807) is 0 Å². The number of amides is 2. The van der Waals surface area contributed by atoms with Gasteiger partial charge in [-0.25, -0.2) is 4.79 Å². The van der Waals surface area contributed by atoms with Crippen LogP contribution in [0.3, 0.4) is 0 Å². The summed E-state index contributed by atoms with van der Waals surface area (Å²) in [7, 11) is 0. The maximum Gasteiger partial charge on any atom is 0.323 e. The molecule has 7 heteroatoms. The molecular formula is C10H8N4O3. The number of nitrogens with zero attached hydrogens (tertiary/aromatic N) is 3. The van der Waals surface area contributed by atoms with E-state index in [2.05, 4.69) is 5.32 Å². The average Bonchev–Trinajstić information content (AvgIpc) is 3.09. The van der Waals surface area contributed by atoms with E-state index >= 15 is 0 Å². The Morgan fingerprint density at radius 1 is 1.53 bits per heavy atom. The predicted molar refractivity (Wildman–Crippen MR) is 58.2 cm³/mol. The quantitative estimate of drug-likeness (QED) is 0.472. The van der Waals surface area contributed by atoms with Crippen molar-refractivity contribution in [3.63, 3.8) is 0 Å². The molecule has 0 bridgehead atoms. The van der Waals surface area contributed by atoms with Gasteiger partial charge in [-0.3, -0.25) is 10.1 Å². The number of nitriles is 1. The summed E-state index contributed by atoms with van der Waals surface area (Å²) in [4.78, 5) is 22.8. The van der Waals surface area contributed by atoms with Crippen LogP contribution in [0.15, 0.2) is 24.3 Å². The minimum absolute atomic E-state index is 0.0374. The van der Waals surface area contributed by atoms with E-state index in [-0.39, 0.29) is 17.8 Å². The summed E-state index contributed by atoms with van der Waals surface area (Å²) in [5, 5.41) is 21.5. The number of anilines is 1. The molecule has 1 aliphatic rings. The monoisotopic (exact) mass is 232 g/mol. The molecule has 1 fully saturated rings. The van der Waals surface area contributed by atoms with Crippen LogP contribution in [0.1, 0.15) is 0 Å². The predicted octanol–water partition coefficient (Wildman–Crippen LogP) is 1.33. The number of carbonyl (C=O) groups excluding carboxylic acids is 1. The average molecular weight is 232 g/mol. The van der Waals surface area contributed by atoms with Crippen molar-refractivity contribution in [1.29, 1.82) is 5.26 Å². The van der Waals surface area contributed by atoms with E-state index in [0.29, 0.717) is 12.2 Å². The van der Waals surface area contributed by atoms with Gasteiger partial charge < -0.3 is 10.2 Å². The second-order valence-electron chi connectivity index (χ2n) is 3.53. The van der Waals surface area contributed by atoms with Gasteiger partial charge in [0.2, 0.25) is 0 Å². The molecule has 0 spiro atoms. The molecule has 1 N–H and O–H groups in total. The first-order valence-corrected chi connectivity index (χ1v) is 4.83. The smallest absolute Gasteiger partial charge is 0.308 e. The van der Waals surface area contributed by atoms with Gasteiger partial charge in [0.25, 0.3) is 5.69 Å². The van der Waals surface area contributed by atoms with Crippen LogP contribution in [0.25, 0.3) is 0 Å². The van der Waals surface area contributed by atoms with Crippen LogP contribution < -0.4 is 5.32 Å². The van der Waals surface area contributed by atoms with Gasteiger partial charge in [0.05, 0.1) is 17.5 Å². The van der Waals surface area contributed by atoms with Gasteiger partial charge in [0.15, 0.2) is 0 Å². The topological polar surface area (TPSA) is 99.0 Å². The maximum absolute atomic E-state index is 11.5. The summed E-state index contributed by atoms with van der Waals surface area (Å²) in [5.74, 6) is 0. The van der Waals surface area contributed by atoms with E-state index in [4.69, 9.17) is 5.26 Å². The van der Waals surface area contributed by atoms with Crippen molar-refractivity contribution in [2.45, 2.75) is 6.04 Å². The summed E-state index contributed by atoms with van der Waals surface area (Å²) in [6.45, 7) is 0.426. The molecule has 2 rings (SSSR count). The van der Waals surface area contributed by atoms with Gasteiger partial charge >= 0.3 is 6.03 Å². The minimum atomic E-state index is -0.512. The number of urea groups is 1. The third kappa shape index (κ3) is 2.31. The number of nitrogens with one attached hydrogen (secondary N) is 1. The van der Waals surface area contributed by atoms with Gasteiger partial charge in [-0.2, -0.15) is 5.26 Å². The van der Waals surface area contributed by atoms with E-state index in [1.807, 2.05) is 6.07 Å². The second kappa shape index (κ2) is 4.09. The SMILES string of the molecule is N#CC1CN1C(=O)Nc1ccc([N+](=O)[O-])cc1. The third-order valence-electron chi connectivity index (χ3n) is 2.35. The zero-order valence-electron chi connectivity index (χ0n) is 8.66. The van der Waals surface area contributed by atoms with Gasteiger partial charge in [-0.15, -0.1) is 0 Å². The molecule has 0 saturated carbocycles. The zero-order chi connectivity index (χ0) is 12.4. The lowest BCUT2D eigenvalue weighted by Crippen LogP contribution is -2.20. The first-order valence-electron chi connectivity index (χ1n) is 4.83. The lowest BCUT2D eigenvalue weighted by atomic mass is 10.3. The van der Waals surface area contributed by atoms with E-state index < -0.39 is 4.92 Å². The van der Waals surface area contributed by atoms with Crippen molar-refractivity contribution in [3.05, 3.63) is 34.4 Å². The Hall–Kier alpha value is -2.62. The van der Waals surface area contributed by atoms with Crippen molar-refractivity contribution in [1.82, 2.24) is 4.90 Å². The Kier molecular flexibility index (Phi) is 2.62. The van der Waals surface area contributed by atoms with Crippen LogP contribution in [0.4, 0.5) is 16.2 Å². The van der Waals surface area contributed by atoms with Crippen molar-refractivity contribution in [2.24, 2.45) is 0 Å². The summed E-state index contributed by atoms with van der Waals surface area (Å²) >= 11 is 0. The number of nitro benzene ring substituents is 1. The Bertz CT molecular complexity index is 505. The standard InChI is InChI=1S/C10H8N4O3/c11-5-9-6-13(9)10(15)12-7-1-3-8(4-2-7)14(16)17/h1-4,9H,6H2,(H,12,15). The van der Waals surface area contributed by atoms with Crippen LogP contribution in [0, 0.1) is 21.4 Å². The number of hydrogen-bond donors (Lipinski definition) is 1. The first kappa shape index (κ1) is 10.9. The van der Waals surface area contributed by atoms with Gasteiger partial charge in [0, 0.05) is 17.8 Å². The second-order valence-corrected chi connectivity index (χ2v) is 3.53. The molecule has 2 amide bonds. The fourth-order valence-electron chi connectivity index (χ4n) is 1.34. The van der Waals surface area contributed by atoms with Crippen molar-refractivity contribution in [3.8, 4) is 6.07 Å². The van der Waals surface area contributed by atoms with Gasteiger partial charge in [0.1, 0.15) is 6.04 Å². The van der Waals surface area contributed by atoms with E-state index in [1.165, 1.54) is 29.2 Å². The lowest BCUT2D eigenvalue weighted by molar-refractivity contribution is -0.384. The molecule has 1 unspecified atom stereocenters. The fraction of sp³-hybridized carbons (Fsp3) is 0.200. The molecule has 1 aliphatic heterocycles. The number of non-ortho nitro benzene ring substituents is 1. The van der Waals surface area contributed by atoms with Gasteiger partial charge in [-0.05, 0) is 12.1 Å². The van der Waals surface area contributed by atoms with Crippen LogP contribution in [0.5, 0.6) is 0 Å². The molecule has 0 aromatic heterocycles. The summed E-state index contributed by atoms with van der Waals surface area (Å²) in [6.07, 6.45) is 0. The third-order valence-corrected chi connectivity index (χ3v) is 2.35. The highest BCUT2D eigenvalue weighted by atomic mass is 16.6. The molecule has 1 atom stereocenters. The highest BCUT2D eigenvalue weighted by Gasteiger charge is 2.38. The molecule has 17 heavy (non-hydrogen) atoms. The Morgan fingerprint density at radius 2 is 2.18 bits per heavy atom. The lowest BCUT2D eigenvalue weighted by Gasteiger charge is -2.05. The highest BCUT2D eigenvalue weighted by Crippen LogP contribution is 2.20. The summed E-state index contributed by atoms with van der Waals surface area (Å²) < 4.78 is 0. The van der Waals surface area contributed by atoms with Crippen molar-refractivity contribution in [2.75, 3.05) is 11.9 Å². The minimum Gasteiger partial charge on any atom is -0.308 e. The first-order chi connectivity index (χ1) is 8.11. The fourth-order valence-corrected chi connectivity index (χ4v) is 1.34. The Morgan fingerprint density at radius 3 is 2.65 bits per heavy atom. The number of rotatable bonds is 2. The maximum atomic E-state index is 11.5. The molecule has 86 valence electrons. The van der Waals surface area contributed by atoms with Crippen LogP contribution in [0.2, 0.25) is 0 Å². The number of carbonyl (C=O) groups is 1. The molecule has 1 saturated heterocycles. The van der Waals surface area contributed by atoms with Crippen molar-refractivity contribution >= 4 is 17.4 Å². The molecule has 1 aromatic carbocycles. The molecular weight excluding hydrogens is 224 g/mol. The molecule has 7 nitrogen and oxygen atoms in total. The summed E-state index contributed by atoms with van der Waals surface area (Å²) in [6, 6.07) is 6.73. The highest BCUT2D eigenvalue weighted by molar-refractivity contribution is 5.91. The largest absolute Gasteiger partial charge is 0.323 e. The van der Waals surface area contributed by atoms with Crippen molar-refractivity contribution < 1.29 is 9.72 Å². The number of benzene rings is 1. The molecule has 0 radical (unpaired) electrons. The zero-order valence-corrected chi connectivity index (χ0v) is 8.66. The van der Waals surface area contributed by atoms with E-state index in [9.17, 15) is 14.9 Å². The molecule has 1 aromatic rings. The van der Waals surface area contributed by atoms with E-state index in [0.717, 1.165) is 0 Å². The number of nitro groups is 1. The van der Waals surface area contributed by atoms with Crippen LogP contribution >= 0.6 is 0 Å². The van der Waals surface area contributed by atoms with Gasteiger partial charge in [-0.1, -0.05) is 0 Å².